The van der Waals surface area contributed by atoms with E-state index in [1.54, 1.807) is 17.0 Å². The van der Waals surface area contributed by atoms with Crippen LogP contribution in [0.5, 0.6) is 0 Å². The zero-order valence-corrected chi connectivity index (χ0v) is 14.4. The molecule has 2 aromatic carbocycles. The fraction of sp³-hybridized carbons (Fsp3) is 0.250. The molecule has 0 spiro atoms. The Kier molecular flexibility index (Phi) is 4.05. The van der Waals surface area contributed by atoms with Crippen molar-refractivity contribution in [2.45, 2.75) is 18.9 Å². The Morgan fingerprint density at radius 2 is 2.04 bits per heavy atom. The molecule has 0 aromatic heterocycles. The number of aliphatic imine (C=N–C) groups is 1. The van der Waals surface area contributed by atoms with Gasteiger partial charge in [0.2, 0.25) is 5.91 Å². The molecule has 0 fully saturated rings. The molecular formula is C20H19N3O3. The van der Waals surface area contributed by atoms with Crippen molar-refractivity contribution < 1.29 is 14.3 Å². The number of amides is 1. The van der Waals surface area contributed by atoms with E-state index in [4.69, 9.17) is 15.5 Å². The highest BCUT2D eigenvalue weighted by Gasteiger charge is 2.37. The maximum absolute atomic E-state index is 12.5. The van der Waals surface area contributed by atoms with Gasteiger partial charge in [-0.3, -0.25) is 9.79 Å². The summed E-state index contributed by atoms with van der Waals surface area (Å²) in [6, 6.07) is 13.1. The second kappa shape index (κ2) is 6.38. The largest absolute Gasteiger partial charge is 0.465 e. The van der Waals surface area contributed by atoms with E-state index in [0.29, 0.717) is 12.0 Å². The number of hydrogen-bond donors (Lipinski definition) is 1. The minimum absolute atomic E-state index is 0.0441. The van der Waals surface area contributed by atoms with Crippen LogP contribution in [0, 0.1) is 0 Å². The number of nitrogens with two attached hydrogens (primary N) is 1. The van der Waals surface area contributed by atoms with E-state index in [2.05, 4.69) is 0 Å². The van der Waals surface area contributed by atoms with Crippen molar-refractivity contribution in [1.82, 2.24) is 0 Å². The summed E-state index contributed by atoms with van der Waals surface area (Å²) in [6.07, 6.45) is 1.38. The molecule has 1 atom stereocenters. The summed E-state index contributed by atoms with van der Waals surface area (Å²) in [7, 11) is 1.36. The number of carbonyl (C=O) groups excluding carboxylic acids is 2. The molecule has 132 valence electrons. The average molecular weight is 349 g/mol. The highest BCUT2D eigenvalue weighted by atomic mass is 16.5. The highest BCUT2D eigenvalue weighted by Crippen LogP contribution is 2.37. The van der Waals surface area contributed by atoms with Gasteiger partial charge in [-0.25, -0.2) is 4.79 Å². The van der Waals surface area contributed by atoms with Crippen LogP contribution in [0.4, 0.5) is 11.4 Å². The first-order valence-corrected chi connectivity index (χ1v) is 8.51. The third kappa shape index (κ3) is 2.59. The fourth-order valence-electron chi connectivity index (χ4n) is 3.70. The van der Waals surface area contributed by atoms with Gasteiger partial charge in [0.05, 0.1) is 30.9 Å². The van der Waals surface area contributed by atoms with Gasteiger partial charge in [-0.1, -0.05) is 24.3 Å². The molecule has 0 radical (unpaired) electrons. The molecule has 6 nitrogen and oxygen atoms in total. The summed E-state index contributed by atoms with van der Waals surface area (Å²) in [6.45, 7) is -0.0441. The number of rotatable bonds is 3. The molecule has 0 bridgehead atoms. The maximum atomic E-state index is 12.5. The second-order valence-electron chi connectivity index (χ2n) is 6.43. The lowest BCUT2D eigenvalue weighted by Gasteiger charge is -2.25. The zero-order chi connectivity index (χ0) is 18.3. The molecule has 2 aromatic rings. The zero-order valence-electron chi connectivity index (χ0n) is 14.4. The summed E-state index contributed by atoms with van der Waals surface area (Å²) >= 11 is 0. The van der Waals surface area contributed by atoms with Gasteiger partial charge < -0.3 is 15.4 Å². The van der Waals surface area contributed by atoms with E-state index in [9.17, 15) is 9.59 Å². The quantitative estimate of drug-likeness (QED) is 0.859. The number of fused-ring (bicyclic) bond motifs is 2. The van der Waals surface area contributed by atoms with Crippen molar-refractivity contribution in [3.63, 3.8) is 0 Å². The third-order valence-corrected chi connectivity index (χ3v) is 4.95. The predicted octanol–water partition coefficient (Wildman–Crippen LogP) is 2.02. The Labute approximate surface area is 151 Å². The Morgan fingerprint density at radius 1 is 1.23 bits per heavy atom. The van der Waals surface area contributed by atoms with E-state index >= 15 is 0 Å². The minimum Gasteiger partial charge on any atom is -0.465 e. The van der Waals surface area contributed by atoms with Crippen molar-refractivity contribution in [2.75, 3.05) is 18.6 Å². The number of esters is 1. The molecule has 0 saturated heterocycles. The lowest BCUT2D eigenvalue weighted by atomic mass is 10.0. The van der Waals surface area contributed by atoms with Gasteiger partial charge in [-0.2, -0.15) is 0 Å². The van der Waals surface area contributed by atoms with Crippen molar-refractivity contribution in [1.29, 1.82) is 0 Å². The Morgan fingerprint density at radius 3 is 2.81 bits per heavy atom. The van der Waals surface area contributed by atoms with Crippen molar-refractivity contribution in [3.05, 3.63) is 59.2 Å². The summed E-state index contributed by atoms with van der Waals surface area (Å²) in [5, 5.41) is 0. The summed E-state index contributed by atoms with van der Waals surface area (Å²) < 4.78 is 4.77. The standard InChI is InChI=1S/C20H19N3O3/c1-26-20(25)14-7-6-12-8-16(22-15(12)9-14)18-10-13-4-2-3-5-17(13)23(18)19(24)11-21/h2-7,9,18H,8,10-11,21H2,1H3. The fourth-order valence-corrected chi connectivity index (χ4v) is 3.70. The van der Waals surface area contributed by atoms with E-state index in [1.807, 2.05) is 30.3 Å². The Bertz CT molecular complexity index is 936. The molecule has 4 rings (SSSR count). The lowest BCUT2D eigenvalue weighted by Crippen LogP contribution is -2.45. The van der Waals surface area contributed by atoms with E-state index in [0.717, 1.165) is 34.6 Å². The Hall–Kier alpha value is -2.99. The topological polar surface area (TPSA) is 85.0 Å². The van der Waals surface area contributed by atoms with Crippen molar-refractivity contribution in [2.24, 2.45) is 10.7 Å². The van der Waals surface area contributed by atoms with Gasteiger partial charge in [-0.15, -0.1) is 0 Å². The van der Waals surface area contributed by atoms with Gasteiger partial charge >= 0.3 is 5.97 Å². The predicted molar refractivity (Wildman–Crippen MR) is 99.1 cm³/mol. The van der Waals surface area contributed by atoms with Gasteiger partial charge in [0, 0.05) is 24.2 Å². The minimum atomic E-state index is -0.385. The van der Waals surface area contributed by atoms with Crippen LogP contribution < -0.4 is 10.6 Å². The number of ether oxygens (including phenoxy) is 1. The number of para-hydroxylation sites is 1. The van der Waals surface area contributed by atoms with Crippen LogP contribution >= 0.6 is 0 Å². The first kappa shape index (κ1) is 16.5. The number of carbonyl (C=O) groups is 2. The van der Waals surface area contributed by atoms with Crippen molar-refractivity contribution >= 4 is 29.0 Å². The summed E-state index contributed by atoms with van der Waals surface area (Å²) in [5.74, 6) is -0.501. The number of hydrogen-bond acceptors (Lipinski definition) is 5. The molecular weight excluding hydrogens is 330 g/mol. The second-order valence-corrected chi connectivity index (χ2v) is 6.43. The SMILES string of the molecule is COC(=O)c1ccc2c(c1)N=C(C1Cc3ccccc3N1C(=O)CN)C2. The molecule has 0 aliphatic carbocycles. The maximum Gasteiger partial charge on any atom is 0.337 e. The molecule has 1 unspecified atom stereocenters. The molecule has 1 amide bonds. The molecule has 2 heterocycles. The van der Waals surface area contributed by atoms with Crippen LogP contribution in [-0.2, 0) is 22.4 Å². The van der Waals surface area contributed by atoms with Crippen LogP contribution in [0.3, 0.4) is 0 Å². The molecule has 2 N–H and O–H groups in total. The van der Waals surface area contributed by atoms with Gasteiger partial charge in [0.25, 0.3) is 0 Å². The molecule has 6 heteroatoms. The smallest absolute Gasteiger partial charge is 0.337 e. The molecule has 2 aliphatic rings. The monoisotopic (exact) mass is 349 g/mol. The summed E-state index contributed by atoms with van der Waals surface area (Å²) in [4.78, 5) is 30.7. The lowest BCUT2D eigenvalue weighted by molar-refractivity contribution is -0.117. The third-order valence-electron chi connectivity index (χ3n) is 4.95. The van der Waals surface area contributed by atoms with Crippen LogP contribution in [-0.4, -0.2) is 37.3 Å². The number of anilines is 1. The highest BCUT2D eigenvalue weighted by molar-refractivity contribution is 6.09. The molecule has 26 heavy (non-hydrogen) atoms. The van der Waals surface area contributed by atoms with Crippen LogP contribution in [0.2, 0.25) is 0 Å². The van der Waals surface area contributed by atoms with Crippen molar-refractivity contribution in [3.8, 4) is 0 Å². The van der Waals surface area contributed by atoms with Gasteiger partial charge in [0.1, 0.15) is 0 Å². The van der Waals surface area contributed by atoms with Crippen LogP contribution in [0.25, 0.3) is 0 Å². The van der Waals surface area contributed by atoms with E-state index in [1.165, 1.54) is 7.11 Å². The van der Waals surface area contributed by atoms with Gasteiger partial charge in [-0.05, 0) is 29.3 Å². The first-order chi connectivity index (χ1) is 12.6. The normalized spacial score (nSPS) is 17.5. The van der Waals surface area contributed by atoms with E-state index in [-0.39, 0.29) is 24.5 Å². The van der Waals surface area contributed by atoms with Crippen LogP contribution in [0.1, 0.15) is 21.5 Å². The average Bonchev–Trinajstić information content (AvgIpc) is 3.27. The number of nitrogens with zero attached hydrogens (tertiary/aromatic N) is 2. The first-order valence-electron chi connectivity index (χ1n) is 8.51. The molecule has 0 saturated carbocycles. The van der Waals surface area contributed by atoms with Gasteiger partial charge in [0.15, 0.2) is 0 Å². The Balaban J connectivity index is 1.69. The molecule has 2 aliphatic heterocycles. The number of methoxy groups -OCH3 is 1. The summed E-state index contributed by atoms with van der Waals surface area (Å²) in [5.41, 5.74) is 10.9. The van der Waals surface area contributed by atoms with Crippen LogP contribution in [0.15, 0.2) is 47.5 Å². The van der Waals surface area contributed by atoms with E-state index < -0.39 is 0 Å². The number of benzene rings is 2.